The Bertz CT molecular complexity index is 594. The van der Waals surface area contributed by atoms with Crippen LogP contribution in [0.3, 0.4) is 0 Å². The highest BCUT2D eigenvalue weighted by atomic mass is 79.9. The average Bonchev–Trinajstić information content (AvgIpc) is 2.93. The van der Waals surface area contributed by atoms with Gasteiger partial charge in [-0.25, -0.2) is 15.0 Å². The van der Waals surface area contributed by atoms with Crippen LogP contribution < -0.4 is 4.74 Å². The van der Waals surface area contributed by atoms with E-state index in [2.05, 4.69) is 35.8 Å². The number of hydrogen-bond acceptors (Lipinski definition) is 6. The smallest absolute Gasteiger partial charge is 0.316 e. The number of likely N-dealkylation sites (tertiary alicyclic amines) is 1. The number of hydrogen-bond donors (Lipinski definition) is 0. The van der Waals surface area contributed by atoms with Crippen LogP contribution in [0.15, 0.2) is 27.5 Å². The molecule has 0 atom stereocenters. The highest BCUT2D eigenvalue weighted by molar-refractivity contribution is 9.10. The lowest BCUT2D eigenvalue weighted by molar-refractivity contribution is 0.131. The number of piperidine rings is 1. The largest absolute Gasteiger partial charge is 0.463 e. The zero-order valence-electron chi connectivity index (χ0n) is 12.5. The van der Waals surface area contributed by atoms with Crippen molar-refractivity contribution in [2.24, 2.45) is 5.92 Å². The molecule has 22 heavy (non-hydrogen) atoms. The quantitative estimate of drug-likeness (QED) is 0.810. The lowest BCUT2D eigenvalue weighted by Crippen LogP contribution is -2.35. The first-order chi connectivity index (χ1) is 10.7. The van der Waals surface area contributed by atoms with Crippen LogP contribution in [0.4, 0.5) is 0 Å². The maximum atomic E-state index is 5.67. The van der Waals surface area contributed by atoms with Gasteiger partial charge in [0.25, 0.3) is 0 Å². The molecule has 0 amide bonds. The molecule has 118 valence electrons. The van der Waals surface area contributed by atoms with Crippen molar-refractivity contribution in [2.45, 2.75) is 26.3 Å². The van der Waals surface area contributed by atoms with Crippen molar-refractivity contribution in [1.29, 1.82) is 0 Å². The third-order valence-corrected chi connectivity index (χ3v) is 4.21. The Morgan fingerprint density at radius 1 is 1.32 bits per heavy atom. The fraction of sp³-hybridized carbons (Fsp3) is 0.533. The molecule has 0 unspecified atom stereocenters. The predicted molar refractivity (Wildman–Crippen MR) is 84.5 cm³/mol. The molecule has 1 aliphatic rings. The second kappa shape index (κ2) is 7.19. The van der Waals surface area contributed by atoms with Gasteiger partial charge in [-0.3, -0.25) is 4.90 Å². The van der Waals surface area contributed by atoms with Crippen LogP contribution in [-0.4, -0.2) is 39.5 Å². The number of halogens is 1. The van der Waals surface area contributed by atoms with E-state index in [9.17, 15) is 0 Å². The molecule has 1 fully saturated rings. The molecule has 6 nitrogen and oxygen atoms in total. The van der Waals surface area contributed by atoms with Gasteiger partial charge in [0.05, 0.1) is 16.8 Å². The van der Waals surface area contributed by atoms with Gasteiger partial charge < -0.3 is 9.15 Å². The molecule has 0 spiro atoms. The summed E-state index contributed by atoms with van der Waals surface area (Å²) in [4.78, 5) is 15.0. The first-order valence-electron chi connectivity index (χ1n) is 7.43. The van der Waals surface area contributed by atoms with Gasteiger partial charge in [-0.15, -0.1) is 0 Å². The van der Waals surface area contributed by atoms with Gasteiger partial charge >= 0.3 is 6.01 Å². The molecule has 0 bridgehead atoms. The summed E-state index contributed by atoms with van der Waals surface area (Å²) in [5.74, 6) is 1.29. The fourth-order valence-corrected chi connectivity index (χ4v) is 2.79. The van der Waals surface area contributed by atoms with Crippen molar-refractivity contribution in [2.75, 3.05) is 19.7 Å². The molecule has 7 heteroatoms. The minimum absolute atomic E-state index is 0.448. The summed E-state index contributed by atoms with van der Waals surface area (Å²) < 4.78 is 11.8. The van der Waals surface area contributed by atoms with Gasteiger partial charge in [-0.05, 0) is 47.8 Å². The van der Waals surface area contributed by atoms with Crippen LogP contribution in [0.25, 0.3) is 0 Å². The number of aromatic nitrogens is 3. The van der Waals surface area contributed by atoms with Crippen molar-refractivity contribution in [3.05, 3.63) is 34.7 Å². The van der Waals surface area contributed by atoms with Crippen LogP contribution in [0.1, 0.15) is 24.4 Å². The summed E-state index contributed by atoms with van der Waals surface area (Å²) in [6.07, 6.45) is 7.38. The normalized spacial score (nSPS) is 16.8. The molecular formula is C15H19BrN4O2. The molecule has 0 saturated carbocycles. The highest BCUT2D eigenvalue weighted by Gasteiger charge is 2.20. The van der Waals surface area contributed by atoms with Crippen LogP contribution in [0, 0.1) is 12.8 Å². The summed E-state index contributed by atoms with van der Waals surface area (Å²) in [6, 6.07) is 0.448. The lowest BCUT2D eigenvalue weighted by atomic mass is 9.98. The summed E-state index contributed by atoms with van der Waals surface area (Å²) in [5, 5.41) is 0. The van der Waals surface area contributed by atoms with E-state index in [1.165, 1.54) is 0 Å². The van der Waals surface area contributed by atoms with Crippen LogP contribution in [0.5, 0.6) is 6.01 Å². The number of oxazole rings is 1. The van der Waals surface area contributed by atoms with E-state index in [0.717, 1.165) is 48.5 Å². The van der Waals surface area contributed by atoms with Crippen molar-refractivity contribution in [3.8, 4) is 6.01 Å². The SMILES string of the molecule is Cc1nc(CN2CCC(COc3ncc(Br)cn3)CC2)co1. The van der Waals surface area contributed by atoms with Gasteiger partial charge in [0, 0.05) is 25.9 Å². The summed E-state index contributed by atoms with van der Waals surface area (Å²) >= 11 is 3.31. The fourth-order valence-electron chi connectivity index (χ4n) is 2.59. The van der Waals surface area contributed by atoms with E-state index in [0.29, 0.717) is 18.5 Å². The van der Waals surface area contributed by atoms with Gasteiger partial charge in [0.15, 0.2) is 5.89 Å². The Kier molecular flexibility index (Phi) is 5.04. The van der Waals surface area contributed by atoms with Crippen molar-refractivity contribution < 1.29 is 9.15 Å². The molecular weight excluding hydrogens is 348 g/mol. The van der Waals surface area contributed by atoms with Crippen LogP contribution >= 0.6 is 15.9 Å². The Labute approximate surface area is 138 Å². The van der Waals surface area contributed by atoms with E-state index in [4.69, 9.17) is 9.15 Å². The molecule has 0 radical (unpaired) electrons. The summed E-state index contributed by atoms with van der Waals surface area (Å²) in [7, 11) is 0. The van der Waals surface area contributed by atoms with Gasteiger partial charge in [-0.2, -0.15) is 0 Å². The lowest BCUT2D eigenvalue weighted by Gasteiger charge is -2.30. The van der Waals surface area contributed by atoms with E-state index in [-0.39, 0.29) is 0 Å². The van der Waals surface area contributed by atoms with Crippen LogP contribution in [0.2, 0.25) is 0 Å². The number of aryl methyl sites for hydroxylation is 1. The van der Waals surface area contributed by atoms with E-state index in [1.807, 2.05) is 6.92 Å². The molecule has 1 aliphatic heterocycles. The number of rotatable bonds is 5. The molecule has 3 rings (SSSR count). The molecule has 0 aliphatic carbocycles. The van der Waals surface area contributed by atoms with Gasteiger partial charge in [0.2, 0.25) is 0 Å². The number of nitrogens with zero attached hydrogens (tertiary/aromatic N) is 4. The molecule has 3 heterocycles. The Morgan fingerprint density at radius 2 is 2.05 bits per heavy atom. The molecule has 0 N–H and O–H groups in total. The Balaban J connectivity index is 1.41. The third-order valence-electron chi connectivity index (χ3n) is 3.80. The Morgan fingerprint density at radius 3 is 2.68 bits per heavy atom. The maximum absolute atomic E-state index is 5.67. The van der Waals surface area contributed by atoms with Gasteiger partial charge in [-0.1, -0.05) is 0 Å². The second-order valence-electron chi connectivity index (χ2n) is 5.57. The van der Waals surface area contributed by atoms with Crippen LogP contribution in [-0.2, 0) is 6.54 Å². The zero-order chi connectivity index (χ0) is 15.4. The Hall–Kier alpha value is -1.47. The predicted octanol–water partition coefficient (Wildman–Crippen LogP) is 2.83. The van der Waals surface area contributed by atoms with E-state index >= 15 is 0 Å². The topological polar surface area (TPSA) is 64.3 Å². The monoisotopic (exact) mass is 366 g/mol. The average molecular weight is 367 g/mol. The maximum Gasteiger partial charge on any atom is 0.316 e. The molecule has 1 saturated heterocycles. The minimum atomic E-state index is 0.448. The molecule has 0 aromatic carbocycles. The second-order valence-corrected chi connectivity index (χ2v) is 6.49. The first-order valence-corrected chi connectivity index (χ1v) is 8.22. The molecule has 2 aromatic rings. The third kappa shape index (κ3) is 4.27. The first kappa shape index (κ1) is 15.4. The number of ether oxygens (including phenoxy) is 1. The minimum Gasteiger partial charge on any atom is -0.463 e. The summed E-state index contributed by atoms with van der Waals surface area (Å²) in [5.41, 5.74) is 1.01. The van der Waals surface area contributed by atoms with Crippen molar-refractivity contribution >= 4 is 15.9 Å². The van der Waals surface area contributed by atoms with Crippen molar-refractivity contribution in [3.63, 3.8) is 0 Å². The van der Waals surface area contributed by atoms with E-state index < -0.39 is 0 Å². The molecule has 2 aromatic heterocycles. The van der Waals surface area contributed by atoms with E-state index in [1.54, 1.807) is 18.7 Å². The standard InChI is InChI=1S/C15H19BrN4O2/c1-11-19-14(10-21-11)8-20-4-2-12(3-5-20)9-22-15-17-6-13(16)7-18-15/h6-7,10,12H,2-5,8-9H2,1H3. The van der Waals surface area contributed by atoms with Gasteiger partial charge in [0.1, 0.15) is 6.26 Å². The highest BCUT2D eigenvalue weighted by Crippen LogP contribution is 2.20. The summed E-state index contributed by atoms with van der Waals surface area (Å²) in [6.45, 7) is 5.53. The van der Waals surface area contributed by atoms with Crippen molar-refractivity contribution in [1.82, 2.24) is 19.9 Å². The zero-order valence-corrected chi connectivity index (χ0v) is 14.1.